The number of hydrogen-bond donors (Lipinski definition) is 0. The molecule has 1 unspecified atom stereocenters. The number of benzene rings is 1. The quantitative estimate of drug-likeness (QED) is 0.720. The predicted octanol–water partition coefficient (Wildman–Crippen LogP) is 4.02. The van der Waals surface area contributed by atoms with E-state index in [0.717, 1.165) is 23.8 Å². The Bertz CT molecular complexity index is 779. The molecular weight excluding hydrogens is 351 g/mol. The summed E-state index contributed by atoms with van der Waals surface area (Å²) in [5.74, 6) is 0.387. The first-order chi connectivity index (χ1) is 12.5. The Labute approximate surface area is 148 Å². The number of aromatic nitrogens is 1. The molecule has 0 amide bonds. The van der Waals surface area contributed by atoms with Crippen molar-refractivity contribution in [2.45, 2.75) is 38.3 Å². The highest BCUT2D eigenvalue weighted by molar-refractivity contribution is 6.00. The third kappa shape index (κ3) is 3.71. The van der Waals surface area contributed by atoms with Gasteiger partial charge >= 0.3 is 6.18 Å². The molecule has 0 saturated carbocycles. The Morgan fingerprint density at radius 1 is 1.35 bits per heavy atom. The van der Waals surface area contributed by atoms with Gasteiger partial charge in [-0.25, -0.2) is 0 Å². The van der Waals surface area contributed by atoms with Crippen LogP contribution in [-0.4, -0.2) is 37.5 Å². The fourth-order valence-corrected chi connectivity index (χ4v) is 3.26. The van der Waals surface area contributed by atoms with Gasteiger partial charge in [0, 0.05) is 24.1 Å². The maximum absolute atomic E-state index is 13.6. The van der Waals surface area contributed by atoms with Crippen molar-refractivity contribution in [3.05, 3.63) is 29.5 Å². The molecule has 1 aliphatic rings. The highest BCUT2D eigenvalue weighted by Gasteiger charge is 2.39. The number of aldehydes is 1. The maximum atomic E-state index is 13.6. The minimum atomic E-state index is -4.66. The van der Waals surface area contributed by atoms with Gasteiger partial charge < -0.3 is 18.8 Å². The molecule has 1 aromatic heterocycles. The highest BCUT2D eigenvalue weighted by atomic mass is 19.4. The first-order valence-corrected chi connectivity index (χ1v) is 8.41. The van der Waals surface area contributed by atoms with E-state index in [9.17, 15) is 18.0 Å². The van der Waals surface area contributed by atoms with Crippen molar-refractivity contribution in [1.29, 1.82) is 0 Å². The van der Waals surface area contributed by atoms with Gasteiger partial charge in [-0.3, -0.25) is 4.79 Å². The van der Waals surface area contributed by atoms with Crippen molar-refractivity contribution < 1.29 is 32.2 Å². The third-order valence-corrected chi connectivity index (χ3v) is 4.45. The predicted molar refractivity (Wildman–Crippen MR) is 88.4 cm³/mol. The van der Waals surface area contributed by atoms with Gasteiger partial charge in [0.1, 0.15) is 11.4 Å². The van der Waals surface area contributed by atoms with Gasteiger partial charge in [-0.15, -0.1) is 0 Å². The lowest BCUT2D eigenvalue weighted by molar-refractivity contribution is -0.165. The van der Waals surface area contributed by atoms with Gasteiger partial charge in [0.25, 0.3) is 0 Å². The zero-order valence-electron chi connectivity index (χ0n) is 14.3. The molecule has 1 aromatic carbocycles. The molecule has 2 aromatic rings. The lowest BCUT2D eigenvalue weighted by Gasteiger charge is -2.23. The first kappa shape index (κ1) is 18.7. The summed E-state index contributed by atoms with van der Waals surface area (Å²) < 4.78 is 58.0. The summed E-state index contributed by atoms with van der Waals surface area (Å²) in [7, 11) is 1.42. The number of carbonyl (C=O) groups is 1. The molecule has 1 atom stereocenters. The second-order valence-electron chi connectivity index (χ2n) is 6.08. The summed E-state index contributed by atoms with van der Waals surface area (Å²) in [6.07, 6.45) is -2.14. The standard InChI is InChI=1S/C18H20F3NO4/c1-24-12-5-6-15-13(10-12)14(11-23)17(18(19,20)21)22(15)7-9-26-16-4-2-3-8-25-16/h5-6,10-11,16H,2-4,7-9H2,1H3. The van der Waals surface area contributed by atoms with Gasteiger partial charge in [0.05, 0.1) is 19.3 Å². The summed E-state index contributed by atoms with van der Waals surface area (Å²) >= 11 is 0. The Balaban J connectivity index is 1.94. The molecule has 3 rings (SSSR count). The van der Waals surface area contributed by atoms with Crippen LogP contribution in [-0.2, 0) is 22.2 Å². The molecule has 8 heteroatoms. The fourth-order valence-electron chi connectivity index (χ4n) is 3.26. The number of hydrogen-bond acceptors (Lipinski definition) is 4. The molecule has 0 spiro atoms. The van der Waals surface area contributed by atoms with Gasteiger partial charge in [-0.2, -0.15) is 13.2 Å². The number of alkyl halides is 3. The van der Waals surface area contributed by atoms with Crippen LogP contribution in [0.3, 0.4) is 0 Å². The zero-order chi connectivity index (χ0) is 18.7. The molecule has 1 fully saturated rings. The Morgan fingerprint density at radius 2 is 2.15 bits per heavy atom. The maximum Gasteiger partial charge on any atom is 0.432 e. The smallest absolute Gasteiger partial charge is 0.432 e. The molecule has 1 aliphatic heterocycles. The summed E-state index contributed by atoms with van der Waals surface area (Å²) in [5.41, 5.74) is -1.04. The van der Waals surface area contributed by atoms with Crippen molar-refractivity contribution in [3.63, 3.8) is 0 Å². The average Bonchev–Trinajstić information content (AvgIpc) is 2.95. The van der Waals surface area contributed by atoms with Gasteiger partial charge in [-0.05, 0) is 37.5 Å². The lowest BCUT2D eigenvalue weighted by Crippen LogP contribution is -2.25. The summed E-state index contributed by atoms with van der Waals surface area (Å²) in [6, 6.07) is 4.53. The molecule has 2 heterocycles. The second kappa shape index (κ2) is 7.67. The van der Waals surface area contributed by atoms with E-state index in [0.29, 0.717) is 17.9 Å². The van der Waals surface area contributed by atoms with Gasteiger partial charge in [0.2, 0.25) is 0 Å². The molecule has 26 heavy (non-hydrogen) atoms. The van der Waals surface area contributed by atoms with E-state index in [4.69, 9.17) is 14.2 Å². The number of nitrogens with zero attached hydrogens (tertiary/aromatic N) is 1. The summed E-state index contributed by atoms with van der Waals surface area (Å²) in [6.45, 7) is 0.618. The number of carbonyl (C=O) groups excluding carboxylic acids is 1. The Morgan fingerprint density at radius 3 is 2.77 bits per heavy atom. The van der Waals surface area contributed by atoms with Crippen LogP contribution < -0.4 is 4.74 Å². The van der Waals surface area contributed by atoms with Crippen molar-refractivity contribution in [3.8, 4) is 5.75 Å². The molecule has 0 radical (unpaired) electrons. The number of ether oxygens (including phenoxy) is 3. The van der Waals surface area contributed by atoms with E-state index in [1.54, 1.807) is 6.07 Å². The Kier molecular flexibility index (Phi) is 5.52. The first-order valence-electron chi connectivity index (χ1n) is 8.41. The van der Waals surface area contributed by atoms with Crippen LogP contribution in [0.4, 0.5) is 13.2 Å². The van der Waals surface area contributed by atoms with Crippen molar-refractivity contribution in [2.24, 2.45) is 0 Å². The van der Waals surface area contributed by atoms with Crippen molar-refractivity contribution in [1.82, 2.24) is 4.57 Å². The van der Waals surface area contributed by atoms with Crippen LogP contribution in [0.2, 0.25) is 0 Å². The minimum absolute atomic E-state index is 0.0363. The van der Waals surface area contributed by atoms with Crippen LogP contribution in [0.25, 0.3) is 10.9 Å². The largest absolute Gasteiger partial charge is 0.497 e. The molecular formula is C18H20F3NO4. The number of rotatable bonds is 6. The van der Waals surface area contributed by atoms with E-state index in [2.05, 4.69) is 0 Å². The number of methoxy groups -OCH3 is 1. The van der Waals surface area contributed by atoms with Crippen molar-refractivity contribution in [2.75, 3.05) is 20.3 Å². The molecule has 5 nitrogen and oxygen atoms in total. The van der Waals surface area contributed by atoms with E-state index in [1.165, 1.54) is 19.2 Å². The van der Waals surface area contributed by atoms with Crippen LogP contribution in [0.5, 0.6) is 5.75 Å². The van der Waals surface area contributed by atoms with E-state index in [-0.39, 0.29) is 36.7 Å². The lowest BCUT2D eigenvalue weighted by atomic mass is 10.1. The number of halogens is 3. The van der Waals surface area contributed by atoms with Crippen LogP contribution in [0, 0.1) is 0 Å². The van der Waals surface area contributed by atoms with Gasteiger partial charge in [0.15, 0.2) is 12.6 Å². The highest BCUT2D eigenvalue weighted by Crippen LogP contribution is 2.38. The topological polar surface area (TPSA) is 49.7 Å². The summed E-state index contributed by atoms with van der Waals surface area (Å²) in [4.78, 5) is 11.4. The van der Waals surface area contributed by atoms with Crippen LogP contribution >= 0.6 is 0 Å². The van der Waals surface area contributed by atoms with Crippen molar-refractivity contribution >= 4 is 17.2 Å². The molecule has 1 saturated heterocycles. The summed E-state index contributed by atoms with van der Waals surface area (Å²) in [5, 5.41) is 0.209. The zero-order valence-corrected chi connectivity index (χ0v) is 14.3. The second-order valence-corrected chi connectivity index (χ2v) is 6.08. The monoisotopic (exact) mass is 371 g/mol. The van der Waals surface area contributed by atoms with Crippen LogP contribution in [0.1, 0.15) is 35.3 Å². The SMILES string of the molecule is COc1ccc2c(c1)c(C=O)c(C(F)(F)F)n2CCOC1CCCCO1. The number of fused-ring (bicyclic) bond motifs is 1. The molecule has 0 aliphatic carbocycles. The molecule has 0 bridgehead atoms. The van der Waals surface area contributed by atoms with Gasteiger partial charge in [-0.1, -0.05) is 0 Å². The molecule has 0 N–H and O–H groups in total. The average molecular weight is 371 g/mol. The Hall–Kier alpha value is -2.06. The van der Waals surface area contributed by atoms with E-state index >= 15 is 0 Å². The van der Waals surface area contributed by atoms with E-state index < -0.39 is 11.9 Å². The van der Waals surface area contributed by atoms with Crippen LogP contribution in [0.15, 0.2) is 18.2 Å². The third-order valence-electron chi connectivity index (χ3n) is 4.45. The fraction of sp³-hybridized carbons (Fsp3) is 0.500. The normalized spacial score (nSPS) is 18.2. The minimum Gasteiger partial charge on any atom is -0.497 e. The van der Waals surface area contributed by atoms with E-state index in [1.807, 2.05) is 0 Å². The molecule has 142 valence electrons.